The van der Waals surface area contributed by atoms with E-state index in [0.29, 0.717) is 0 Å². The Hall–Kier alpha value is -0.660. The molecule has 0 heterocycles. The summed E-state index contributed by atoms with van der Waals surface area (Å²) >= 11 is 0. The van der Waals surface area contributed by atoms with E-state index in [-0.39, 0.29) is 17.6 Å². The molecule has 0 saturated heterocycles. The first-order chi connectivity index (χ1) is 4.54. The second-order valence-electron chi connectivity index (χ2n) is 3.26. The Morgan fingerprint density at radius 1 is 1.55 bits per heavy atom. The first-order valence-corrected chi connectivity index (χ1v) is 3.66. The molecule has 0 rings (SSSR count). The zero-order chi connectivity index (χ0) is 8.20. The minimum Gasteiger partial charge on any atom is -0.344 e. The molecule has 1 unspecified atom stereocenters. The van der Waals surface area contributed by atoms with Crippen LogP contribution in [0.15, 0.2) is 4.99 Å². The maximum absolute atomic E-state index is 6.67. The van der Waals surface area contributed by atoms with Gasteiger partial charge in [0.2, 0.25) is 0 Å². The van der Waals surface area contributed by atoms with Gasteiger partial charge < -0.3 is 6.15 Å². The van der Waals surface area contributed by atoms with Crippen LogP contribution >= 0.6 is 0 Å². The van der Waals surface area contributed by atoms with Gasteiger partial charge in [-0.25, -0.2) is 10.4 Å². The number of aliphatic imine (C=N–C) groups is 1. The fraction of sp³-hybridized carbons (Fsp3) is 0.875. The van der Waals surface area contributed by atoms with Crippen LogP contribution in [0.25, 0.3) is 0 Å². The molecule has 0 amide bonds. The van der Waals surface area contributed by atoms with Gasteiger partial charge in [0, 0.05) is 0 Å². The third kappa shape index (κ3) is 3.91. The second-order valence-corrected chi connectivity index (χ2v) is 3.26. The van der Waals surface area contributed by atoms with E-state index in [1.54, 1.807) is 0 Å². The Bertz CT molecular complexity index is 145. The van der Waals surface area contributed by atoms with E-state index in [9.17, 15) is 0 Å². The van der Waals surface area contributed by atoms with Crippen LogP contribution in [0.2, 0.25) is 0 Å². The van der Waals surface area contributed by atoms with Crippen molar-refractivity contribution in [1.29, 1.82) is 5.41 Å². The molecule has 0 aromatic heterocycles. The summed E-state index contributed by atoms with van der Waals surface area (Å²) in [6.07, 6.45) is 1.08. The fourth-order valence-corrected chi connectivity index (χ4v) is 0.567. The minimum atomic E-state index is 0. The number of nitrogens with one attached hydrogen (secondary N) is 1. The molecule has 0 aromatic carbocycles. The molecule has 0 saturated carbocycles. The molecule has 0 spiro atoms. The molecule has 3 heteroatoms. The normalized spacial score (nSPS) is 12.7. The van der Waals surface area contributed by atoms with Gasteiger partial charge in [-0.15, -0.1) is 0 Å². The van der Waals surface area contributed by atoms with Gasteiger partial charge in [0.25, 0.3) is 0 Å². The molecule has 0 aliphatic rings. The zero-order valence-corrected chi connectivity index (χ0v) is 7.94. The van der Waals surface area contributed by atoms with Crippen LogP contribution in [-0.2, 0) is 0 Å². The lowest BCUT2D eigenvalue weighted by molar-refractivity contribution is 0.292. The van der Waals surface area contributed by atoms with Gasteiger partial charge in [-0.05, 0) is 18.8 Å². The van der Waals surface area contributed by atoms with Crippen LogP contribution in [0, 0.1) is 10.8 Å². The number of hydrogen-bond acceptors (Lipinski definition) is 3. The summed E-state index contributed by atoms with van der Waals surface area (Å²) in [7, 11) is 0. The van der Waals surface area contributed by atoms with Gasteiger partial charge in [-0.3, -0.25) is 0 Å². The molecule has 0 aromatic rings. The average molecular weight is 157 g/mol. The Morgan fingerprint density at radius 3 is 2.27 bits per heavy atom. The van der Waals surface area contributed by atoms with Crippen molar-refractivity contribution in [3.05, 3.63) is 0 Å². The molecule has 66 valence electrons. The molecule has 0 aliphatic heterocycles. The molecular weight excluding hydrogens is 138 g/mol. The lowest BCUT2D eigenvalue weighted by Gasteiger charge is -2.25. The standard InChI is InChI=1S/C8H16N2.H3N/c1-5-8(3,4)7(2)10-6-9;/h7,9H,5H2,1-4H3;1H3. The predicted octanol–water partition coefficient (Wildman–Crippen LogP) is 2.73. The first-order valence-electron chi connectivity index (χ1n) is 3.66. The molecule has 0 radical (unpaired) electrons. The summed E-state index contributed by atoms with van der Waals surface area (Å²) in [4.78, 5) is 3.88. The van der Waals surface area contributed by atoms with Crippen molar-refractivity contribution in [3.8, 4) is 0 Å². The third-order valence-corrected chi connectivity index (χ3v) is 2.30. The highest BCUT2D eigenvalue weighted by molar-refractivity contribution is 5.36. The van der Waals surface area contributed by atoms with E-state index in [0.717, 1.165) is 6.42 Å². The van der Waals surface area contributed by atoms with Crippen molar-refractivity contribution in [1.82, 2.24) is 6.15 Å². The molecule has 1 atom stereocenters. The number of nitrogens with zero attached hydrogens (tertiary/aromatic N) is 1. The Kier molecular flexibility index (Phi) is 5.96. The molecule has 11 heavy (non-hydrogen) atoms. The second kappa shape index (κ2) is 5.05. The molecule has 0 bridgehead atoms. The van der Waals surface area contributed by atoms with Crippen LogP contribution in [0.1, 0.15) is 34.1 Å². The quantitative estimate of drug-likeness (QED) is 0.607. The van der Waals surface area contributed by atoms with Crippen molar-refractivity contribution < 1.29 is 0 Å². The van der Waals surface area contributed by atoms with Gasteiger partial charge in [0.15, 0.2) is 0 Å². The van der Waals surface area contributed by atoms with E-state index in [2.05, 4.69) is 31.8 Å². The van der Waals surface area contributed by atoms with Crippen molar-refractivity contribution in [2.75, 3.05) is 0 Å². The van der Waals surface area contributed by atoms with Crippen LogP contribution in [0.3, 0.4) is 0 Å². The van der Waals surface area contributed by atoms with Gasteiger partial charge in [-0.2, -0.15) is 0 Å². The summed E-state index contributed by atoms with van der Waals surface area (Å²) < 4.78 is 0. The number of hydrogen-bond donors (Lipinski definition) is 2. The van der Waals surface area contributed by atoms with Gasteiger partial charge in [-0.1, -0.05) is 20.8 Å². The maximum Gasteiger partial charge on any atom is 0.0864 e. The van der Waals surface area contributed by atoms with Crippen molar-refractivity contribution in [3.63, 3.8) is 0 Å². The number of rotatable bonds is 3. The van der Waals surface area contributed by atoms with E-state index in [4.69, 9.17) is 5.41 Å². The SMILES string of the molecule is CCC(C)(C)C(C)N=C=N.N. The van der Waals surface area contributed by atoms with E-state index in [1.807, 2.05) is 6.92 Å². The fourth-order valence-electron chi connectivity index (χ4n) is 0.567. The molecule has 0 fully saturated rings. The van der Waals surface area contributed by atoms with Crippen LogP contribution in [0.5, 0.6) is 0 Å². The summed E-state index contributed by atoms with van der Waals surface area (Å²) in [6, 6.07) is 2.29. The van der Waals surface area contributed by atoms with Gasteiger partial charge in [0.05, 0.1) is 12.1 Å². The molecule has 4 N–H and O–H groups in total. The smallest absolute Gasteiger partial charge is 0.0864 e. The third-order valence-electron chi connectivity index (χ3n) is 2.30. The Balaban J connectivity index is 0. The highest BCUT2D eigenvalue weighted by Gasteiger charge is 2.22. The lowest BCUT2D eigenvalue weighted by Crippen LogP contribution is -2.23. The maximum atomic E-state index is 6.67. The largest absolute Gasteiger partial charge is 0.344 e. The topological polar surface area (TPSA) is 71.2 Å². The summed E-state index contributed by atoms with van der Waals surface area (Å²) in [5.41, 5.74) is 0.202. The highest BCUT2D eigenvalue weighted by atomic mass is 14.8. The average Bonchev–Trinajstić information content (AvgIpc) is 1.89. The van der Waals surface area contributed by atoms with E-state index in [1.165, 1.54) is 0 Å². The minimum absolute atomic E-state index is 0. The van der Waals surface area contributed by atoms with Crippen LogP contribution < -0.4 is 6.15 Å². The Labute approximate surface area is 69.0 Å². The molecule has 3 nitrogen and oxygen atoms in total. The van der Waals surface area contributed by atoms with Crippen molar-refractivity contribution >= 4 is 6.01 Å². The van der Waals surface area contributed by atoms with Crippen LogP contribution in [-0.4, -0.2) is 12.1 Å². The van der Waals surface area contributed by atoms with E-state index >= 15 is 0 Å². The molecular formula is C8H19N3. The summed E-state index contributed by atoms with van der Waals surface area (Å²) in [5.74, 6) is 0. The Morgan fingerprint density at radius 2 is 2.00 bits per heavy atom. The summed E-state index contributed by atoms with van der Waals surface area (Å²) in [6.45, 7) is 8.46. The van der Waals surface area contributed by atoms with Crippen molar-refractivity contribution in [2.45, 2.75) is 40.2 Å². The van der Waals surface area contributed by atoms with Crippen molar-refractivity contribution in [2.24, 2.45) is 10.4 Å². The van der Waals surface area contributed by atoms with Gasteiger partial charge in [0.1, 0.15) is 0 Å². The van der Waals surface area contributed by atoms with E-state index < -0.39 is 0 Å². The van der Waals surface area contributed by atoms with Gasteiger partial charge >= 0.3 is 0 Å². The molecule has 0 aliphatic carbocycles. The lowest BCUT2D eigenvalue weighted by atomic mass is 9.83. The monoisotopic (exact) mass is 157 g/mol. The summed E-state index contributed by atoms with van der Waals surface area (Å²) in [5, 5.41) is 6.67. The predicted molar refractivity (Wildman–Crippen MR) is 48.7 cm³/mol. The zero-order valence-electron chi connectivity index (χ0n) is 7.94. The van der Waals surface area contributed by atoms with Crippen LogP contribution in [0.4, 0.5) is 0 Å². The highest BCUT2D eigenvalue weighted by Crippen LogP contribution is 2.26. The first kappa shape index (κ1) is 13.0.